The quantitative estimate of drug-likeness (QED) is 0.435. The van der Waals surface area contributed by atoms with Gasteiger partial charge in [0.25, 0.3) is 0 Å². The van der Waals surface area contributed by atoms with Crippen LogP contribution in [-0.4, -0.2) is 30.4 Å². The first-order valence-electron chi connectivity index (χ1n) is 7.86. The van der Waals surface area contributed by atoms with Gasteiger partial charge in [-0.2, -0.15) is 9.78 Å². The Bertz CT molecular complexity index is 972. The van der Waals surface area contributed by atoms with Gasteiger partial charge in [-0.15, -0.1) is 0 Å². The van der Waals surface area contributed by atoms with E-state index in [0.717, 1.165) is 5.56 Å². The number of nitrogens with zero attached hydrogens (tertiary/aromatic N) is 5. The van der Waals surface area contributed by atoms with Crippen LogP contribution < -0.4 is 5.32 Å². The molecule has 1 N–H and O–H groups in total. The van der Waals surface area contributed by atoms with Crippen molar-refractivity contribution in [2.24, 2.45) is 0 Å². The van der Waals surface area contributed by atoms with Crippen molar-refractivity contribution in [3.63, 3.8) is 0 Å². The van der Waals surface area contributed by atoms with E-state index in [1.165, 1.54) is 10.9 Å². The highest BCUT2D eigenvalue weighted by Crippen LogP contribution is 2.23. The molecule has 2 aromatic heterocycles. The van der Waals surface area contributed by atoms with Crippen LogP contribution in [0.1, 0.15) is 12.0 Å². The average Bonchev–Trinajstić information content (AvgIpc) is 3.16. The molecule has 11 heteroatoms. The van der Waals surface area contributed by atoms with Crippen molar-refractivity contribution in [2.75, 3.05) is 5.32 Å². The predicted molar refractivity (Wildman–Crippen MR) is 103 cm³/mol. The van der Waals surface area contributed by atoms with Crippen molar-refractivity contribution in [3.8, 4) is 0 Å². The number of nitrogens with one attached hydrogen (secondary N) is 1. The molecule has 0 bridgehead atoms. The third kappa shape index (κ3) is 4.92. The number of rotatable bonds is 7. The van der Waals surface area contributed by atoms with Crippen molar-refractivity contribution in [3.05, 3.63) is 67.9 Å². The van der Waals surface area contributed by atoms with Crippen LogP contribution in [0.25, 0.3) is 0 Å². The maximum atomic E-state index is 12.1. The summed E-state index contributed by atoms with van der Waals surface area (Å²) in [6.07, 6.45) is 3.15. The van der Waals surface area contributed by atoms with E-state index in [2.05, 4.69) is 31.4 Å². The summed E-state index contributed by atoms with van der Waals surface area (Å²) >= 11 is 9.20. The molecular formula is C16H14BrClN6O3. The number of hydrogen-bond donors (Lipinski definition) is 1. The number of aryl methyl sites for hydroxylation is 1. The molecule has 3 aromatic rings. The van der Waals surface area contributed by atoms with Gasteiger partial charge in [-0.05, 0) is 26.4 Å². The number of aromatic nitrogens is 4. The molecule has 0 saturated carbocycles. The maximum absolute atomic E-state index is 12.1. The van der Waals surface area contributed by atoms with E-state index in [9.17, 15) is 14.9 Å². The second kappa shape index (κ2) is 8.31. The van der Waals surface area contributed by atoms with Crippen molar-refractivity contribution in [1.82, 2.24) is 19.6 Å². The Morgan fingerprint density at radius 2 is 1.96 bits per heavy atom. The molecule has 0 spiro atoms. The summed E-state index contributed by atoms with van der Waals surface area (Å²) < 4.78 is 3.23. The Labute approximate surface area is 167 Å². The molecule has 0 fully saturated rings. The number of benzene rings is 1. The lowest BCUT2D eigenvalue weighted by molar-refractivity contribution is -0.390. The van der Waals surface area contributed by atoms with Gasteiger partial charge in [-0.1, -0.05) is 41.9 Å². The Kier molecular flexibility index (Phi) is 5.87. The van der Waals surface area contributed by atoms with Crippen LogP contribution in [0, 0.1) is 10.1 Å². The first-order valence-corrected chi connectivity index (χ1v) is 9.03. The van der Waals surface area contributed by atoms with Crippen LogP contribution in [0.4, 0.5) is 11.6 Å². The SMILES string of the molecule is O=C(CCn1cc(Br)c([N+](=O)[O-])n1)Nc1nn(Cc2ccccc2)cc1Cl. The zero-order valence-electron chi connectivity index (χ0n) is 13.9. The molecule has 2 heterocycles. The Balaban J connectivity index is 1.58. The summed E-state index contributed by atoms with van der Waals surface area (Å²) in [6, 6.07) is 9.73. The van der Waals surface area contributed by atoms with Crippen molar-refractivity contribution in [2.45, 2.75) is 19.5 Å². The van der Waals surface area contributed by atoms with Crippen molar-refractivity contribution in [1.29, 1.82) is 0 Å². The van der Waals surface area contributed by atoms with Crippen LogP contribution in [0.5, 0.6) is 0 Å². The number of carbonyl (C=O) groups is 1. The standard InChI is InChI=1S/C16H14BrClN6O3/c17-12-9-22(21-16(12)24(26)27)7-6-14(25)19-15-13(18)10-23(20-15)8-11-4-2-1-3-5-11/h1-5,9-10H,6-8H2,(H,19,20,25). The van der Waals surface area contributed by atoms with Gasteiger partial charge in [0.05, 0.1) is 24.4 Å². The van der Waals surface area contributed by atoms with Crippen LogP contribution in [0.3, 0.4) is 0 Å². The Morgan fingerprint density at radius 1 is 1.22 bits per heavy atom. The fourth-order valence-corrected chi connectivity index (χ4v) is 3.03. The molecule has 0 aliphatic rings. The normalized spacial score (nSPS) is 10.7. The molecule has 1 aromatic carbocycles. The number of nitro groups is 1. The van der Waals surface area contributed by atoms with Gasteiger partial charge in [0.15, 0.2) is 5.82 Å². The second-order valence-corrected chi connectivity index (χ2v) is 6.89. The number of halogens is 2. The predicted octanol–water partition coefficient (Wildman–Crippen LogP) is 3.48. The van der Waals surface area contributed by atoms with Gasteiger partial charge < -0.3 is 15.4 Å². The third-order valence-corrected chi connectivity index (χ3v) is 4.44. The van der Waals surface area contributed by atoms with Gasteiger partial charge >= 0.3 is 5.82 Å². The minimum Gasteiger partial charge on any atom is -0.358 e. The lowest BCUT2D eigenvalue weighted by atomic mass is 10.2. The molecule has 3 rings (SSSR count). The number of carbonyl (C=O) groups excluding carboxylic acids is 1. The van der Waals surface area contributed by atoms with Crippen molar-refractivity contribution >= 4 is 45.1 Å². The van der Waals surface area contributed by atoms with E-state index < -0.39 is 4.92 Å². The molecule has 140 valence electrons. The van der Waals surface area contributed by atoms with Crippen LogP contribution in [-0.2, 0) is 17.9 Å². The summed E-state index contributed by atoms with van der Waals surface area (Å²) in [7, 11) is 0. The van der Waals surface area contributed by atoms with E-state index in [4.69, 9.17) is 11.6 Å². The van der Waals surface area contributed by atoms with E-state index in [1.807, 2.05) is 30.3 Å². The number of amides is 1. The molecule has 0 atom stereocenters. The fraction of sp³-hybridized carbons (Fsp3) is 0.188. The molecule has 1 amide bonds. The third-order valence-electron chi connectivity index (χ3n) is 3.60. The lowest BCUT2D eigenvalue weighted by Crippen LogP contribution is -2.15. The van der Waals surface area contributed by atoms with Crippen LogP contribution >= 0.6 is 27.5 Å². The summed E-state index contributed by atoms with van der Waals surface area (Å²) in [6.45, 7) is 0.710. The van der Waals surface area contributed by atoms with Crippen LogP contribution in [0.15, 0.2) is 47.2 Å². The average molecular weight is 454 g/mol. The van der Waals surface area contributed by atoms with Crippen LogP contribution in [0.2, 0.25) is 5.02 Å². The van der Waals surface area contributed by atoms with E-state index in [1.54, 1.807) is 10.9 Å². The zero-order valence-corrected chi connectivity index (χ0v) is 16.2. The second-order valence-electron chi connectivity index (χ2n) is 5.63. The minimum atomic E-state index is -0.597. The maximum Gasteiger partial charge on any atom is 0.404 e. The van der Waals surface area contributed by atoms with Gasteiger partial charge in [-0.25, -0.2) is 0 Å². The minimum absolute atomic E-state index is 0.0626. The summed E-state index contributed by atoms with van der Waals surface area (Å²) in [5.74, 6) is -0.348. The monoisotopic (exact) mass is 452 g/mol. The van der Waals surface area contributed by atoms with E-state index in [0.29, 0.717) is 11.6 Å². The van der Waals surface area contributed by atoms with E-state index >= 15 is 0 Å². The number of hydrogen-bond acceptors (Lipinski definition) is 5. The fourth-order valence-electron chi connectivity index (χ4n) is 2.37. The molecule has 0 aliphatic carbocycles. The number of anilines is 1. The molecular weight excluding hydrogens is 440 g/mol. The van der Waals surface area contributed by atoms with Gasteiger partial charge in [0.2, 0.25) is 5.91 Å². The zero-order chi connectivity index (χ0) is 19.4. The first kappa shape index (κ1) is 19.1. The molecule has 0 saturated heterocycles. The molecule has 0 radical (unpaired) electrons. The molecule has 9 nitrogen and oxygen atoms in total. The summed E-state index contributed by atoms with van der Waals surface area (Å²) in [5, 5.41) is 21.8. The molecule has 0 aliphatic heterocycles. The molecule has 27 heavy (non-hydrogen) atoms. The highest BCUT2D eigenvalue weighted by molar-refractivity contribution is 9.10. The summed E-state index contributed by atoms with van der Waals surface area (Å²) in [5.41, 5.74) is 1.06. The van der Waals surface area contributed by atoms with Gasteiger partial charge in [0, 0.05) is 12.6 Å². The van der Waals surface area contributed by atoms with Gasteiger partial charge in [-0.3, -0.25) is 9.48 Å². The smallest absolute Gasteiger partial charge is 0.358 e. The Hall–Kier alpha value is -2.72. The van der Waals surface area contributed by atoms with Crippen molar-refractivity contribution < 1.29 is 9.72 Å². The largest absolute Gasteiger partial charge is 0.404 e. The molecule has 0 unspecified atom stereocenters. The van der Waals surface area contributed by atoms with E-state index in [-0.39, 0.29) is 35.0 Å². The topological polar surface area (TPSA) is 108 Å². The Morgan fingerprint density at radius 3 is 2.63 bits per heavy atom. The van der Waals surface area contributed by atoms with Gasteiger partial charge in [0.1, 0.15) is 9.50 Å². The summed E-state index contributed by atoms with van der Waals surface area (Å²) in [4.78, 5) is 22.3. The first-order chi connectivity index (χ1) is 12.9. The lowest BCUT2D eigenvalue weighted by Gasteiger charge is -2.02. The highest BCUT2D eigenvalue weighted by Gasteiger charge is 2.19. The highest BCUT2D eigenvalue weighted by atomic mass is 79.9.